The molecule has 0 radical (unpaired) electrons. The van der Waals surface area contributed by atoms with Crippen LogP contribution in [-0.4, -0.2) is 117 Å². The zero-order chi connectivity index (χ0) is 42.4. The van der Waals surface area contributed by atoms with Gasteiger partial charge in [0.15, 0.2) is 0 Å². The van der Waals surface area contributed by atoms with Gasteiger partial charge in [-0.15, -0.1) is 0 Å². The number of carbonyl (C=O) groups excluding carboxylic acids is 8. The fourth-order valence-corrected chi connectivity index (χ4v) is 6.23. The van der Waals surface area contributed by atoms with E-state index in [2.05, 4.69) is 26.6 Å². The number of carbonyl (C=O) groups is 9. The quantitative estimate of drug-likeness (QED) is 0.0669. The van der Waals surface area contributed by atoms with E-state index in [0.29, 0.717) is 12.0 Å². The van der Waals surface area contributed by atoms with Crippen LogP contribution in [0, 0.1) is 11.8 Å². The van der Waals surface area contributed by atoms with Crippen LogP contribution in [0.3, 0.4) is 0 Å². The van der Waals surface area contributed by atoms with Crippen molar-refractivity contribution in [2.45, 2.75) is 122 Å². The van der Waals surface area contributed by atoms with Crippen LogP contribution in [0.5, 0.6) is 0 Å². The van der Waals surface area contributed by atoms with Crippen LogP contribution in [-0.2, 0) is 44.8 Å². The molecule has 0 aliphatic carbocycles. The average molecular weight is 789 g/mol. The molecule has 1 fully saturated rings. The number of aromatic carboxylic acids is 1. The second kappa shape index (κ2) is 21.5. The molecule has 0 spiro atoms. The number of nitrogens with one attached hydrogen (secondary N) is 5. The van der Waals surface area contributed by atoms with Crippen LogP contribution >= 0.6 is 0 Å². The van der Waals surface area contributed by atoms with Gasteiger partial charge in [0.25, 0.3) is 0 Å². The number of primary amides is 2. The van der Waals surface area contributed by atoms with E-state index in [1.54, 1.807) is 13.8 Å². The minimum Gasteiger partial charge on any atom is -0.478 e. The first kappa shape index (κ1) is 46.6. The molecule has 1 aromatic carbocycles. The maximum absolute atomic E-state index is 14.1. The van der Waals surface area contributed by atoms with E-state index in [1.165, 1.54) is 43.0 Å². The molecule has 56 heavy (non-hydrogen) atoms. The van der Waals surface area contributed by atoms with Crippen molar-refractivity contribution < 1.29 is 53.4 Å². The van der Waals surface area contributed by atoms with Crippen molar-refractivity contribution in [2.24, 2.45) is 23.3 Å². The standard InChI is InChI=1S/C37H56N8O11/c1-18(2)16-26(42-33(51)25(40-21(6)47)17-22-9-11-23(12-10-22)37(55)56)36(54)45-15-7-8-27(45)34(52)41-24(13-14-28(38)48)32(50)44-30(20(5)46)35(53)43-29(19(3)4)31(39)49/h9-12,18-20,24-27,29-30,46H,7-8,13-17H2,1-6H3,(H2,38,48)(H2,39,49)(H,40,47)(H,41,52)(H,42,51)(H,43,53)(H,44,50)(H,55,56)/t20?,24-,25-,26-,27-,29-,30-/m0/s1. The van der Waals surface area contributed by atoms with Gasteiger partial charge in [-0.1, -0.05) is 39.8 Å². The first-order valence-electron chi connectivity index (χ1n) is 18.5. The highest BCUT2D eigenvalue weighted by atomic mass is 16.4. The van der Waals surface area contributed by atoms with Gasteiger partial charge in [-0.2, -0.15) is 0 Å². The van der Waals surface area contributed by atoms with Crippen molar-refractivity contribution in [3.05, 3.63) is 35.4 Å². The van der Waals surface area contributed by atoms with Gasteiger partial charge >= 0.3 is 5.97 Å². The Hall–Kier alpha value is -5.59. The number of aliphatic hydroxyl groups excluding tert-OH is 1. The third kappa shape index (κ3) is 14.2. The fourth-order valence-electron chi connectivity index (χ4n) is 6.23. The second-order valence-electron chi connectivity index (χ2n) is 14.8. The van der Waals surface area contributed by atoms with E-state index >= 15 is 0 Å². The molecular weight excluding hydrogens is 732 g/mol. The minimum atomic E-state index is -1.59. The summed E-state index contributed by atoms with van der Waals surface area (Å²) in [6.45, 7) is 9.50. The van der Waals surface area contributed by atoms with Gasteiger partial charge in [-0.3, -0.25) is 38.4 Å². The first-order chi connectivity index (χ1) is 26.1. The molecule has 310 valence electrons. The molecule has 11 N–H and O–H groups in total. The Labute approximate surface area is 325 Å². The summed E-state index contributed by atoms with van der Waals surface area (Å²) in [7, 11) is 0. The van der Waals surface area contributed by atoms with Crippen LogP contribution in [0.15, 0.2) is 24.3 Å². The molecule has 1 aromatic rings. The van der Waals surface area contributed by atoms with E-state index < -0.39 is 101 Å². The number of amides is 8. The lowest BCUT2D eigenvalue weighted by Gasteiger charge is -2.31. The van der Waals surface area contributed by atoms with Crippen molar-refractivity contribution in [3.8, 4) is 0 Å². The molecule has 1 heterocycles. The van der Waals surface area contributed by atoms with Crippen molar-refractivity contribution in [1.82, 2.24) is 31.5 Å². The number of nitrogens with two attached hydrogens (primary N) is 2. The number of hydrogen-bond acceptors (Lipinski definition) is 10. The monoisotopic (exact) mass is 788 g/mol. The summed E-state index contributed by atoms with van der Waals surface area (Å²) in [5.41, 5.74) is 11.3. The van der Waals surface area contributed by atoms with Crippen molar-refractivity contribution in [2.75, 3.05) is 6.54 Å². The average Bonchev–Trinajstić information content (AvgIpc) is 3.59. The van der Waals surface area contributed by atoms with E-state index in [0.717, 1.165) is 0 Å². The van der Waals surface area contributed by atoms with Crippen LogP contribution in [0.1, 0.15) is 89.6 Å². The maximum atomic E-state index is 14.1. The predicted molar refractivity (Wildman–Crippen MR) is 201 cm³/mol. The Morgan fingerprint density at radius 1 is 0.786 bits per heavy atom. The Kier molecular flexibility index (Phi) is 17.9. The molecule has 0 bridgehead atoms. The zero-order valence-electron chi connectivity index (χ0n) is 32.6. The molecule has 0 saturated carbocycles. The van der Waals surface area contributed by atoms with Gasteiger partial charge in [-0.05, 0) is 62.1 Å². The van der Waals surface area contributed by atoms with Gasteiger partial charge in [0.05, 0.1) is 11.7 Å². The van der Waals surface area contributed by atoms with Crippen molar-refractivity contribution in [1.29, 1.82) is 0 Å². The highest BCUT2D eigenvalue weighted by molar-refractivity contribution is 5.97. The smallest absolute Gasteiger partial charge is 0.335 e. The molecule has 1 aliphatic rings. The highest BCUT2D eigenvalue weighted by Crippen LogP contribution is 2.21. The zero-order valence-corrected chi connectivity index (χ0v) is 32.6. The topological polar surface area (TPSA) is 310 Å². The van der Waals surface area contributed by atoms with Crippen LogP contribution in [0.4, 0.5) is 0 Å². The third-order valence-electron chi connectivity index (χ3n) is 9.14. The summed E-state index contributed by atoms with van der Waals surface area (Å²) in [5, 5.41) is 32.2. The normalized spacial score (nSPS) is 17.1. The van der Waals surface area contributed by atoms with Gasteiger partial charge in [-0.25, -0.2) is 4.79 Å². The molecule has 8 amide bonds. The summed E-state index contributed by atoms with van der Waals surface area (Å²) >= 11 is 0. The molecule has 7 atom stereocenters. The number of rotatable bonds is 21. The summed E-state index contributed by atoms with van der Waals surface area (Å²) in [6.07, 6.45) is -1.39. The number of hydrogen-bond donors (Lipinski definition) is 9. The minimum absolute atomic E-state index is 0.0154. The molecule has 1 saturated heterocycles. The largest absolute Gasteiger partial charge is 0.478 e. The molecule has 19 nitrogen and oxygen atoms in total. The lowest BCUT2D eigenvalue weighted by atomic mass is 9.99. The number of aliphatic hydroxyl groups is 1. The van der Waals surface area contributed by atoms with Crippen LogP contribution < -0.4 is 38.1 Å². The Balaban J connectivity index is 2.30. The molecule has 0 aromatic heterocycles. The van der Waals surface area contributed by atoms with Crippen LogP contribution in [0.25, 0.3) is 0 Å². The molecule has 2 rings (SSSR count). The number of nitrogens with zero attached hydrogens (tertiary/aromatic N) is 1. The summed E-state index contributed by atoms with van der Waals surface area (Å²) in [4.78, 5) is 116. The molecule has 19 heteroatoms. The lowest BCUT2D eigenvalue weighted by Crippen LogP contribution is -2.61. The lowest BCUT2D eigenvalue weighted by molar-refractivity contribution is -0.143. The fraction of sp³-hybridized carbons (Fsp3) is 0.595. The second-order valence-corrected chi connectivity index (χ2v) is 14.8. The third-order valence-corrected chi connectivity index (χ3v) is 9.14. The van der Waals surface area contributed by atoms with Gasteiger partial charge in [0.1, 0.15) is 36.3 Å². The first-order valence-corrected chi connectivity index (χ1v) is 18.5. The van der Waals surface area contributed by atoms with E-state index in [9.17, 15) is 53.4 Å². The Bertz CT molecular complexity index is 1620. The SMILES string of the molecule is CC(=O)N[C@@H](Cc1ccc(C(=O)O)cc1)C(=O)N[C@@H](CC(C)C)C(=O)N1CCC[C@H]1C(=O)N[C@@H](CCC(N)=O)C(=O)N[C@H](C(=O)N[C@H](C(N)=O)C(C)C)C(C)O. The molecule has 1 aliphatic heterocycles. The summed E-state index contributed by atoms with van der Waals surface area (Å²) in [6, 6.07) is -1.77. The number of carboxylic acids is 1. The van der Waals surface area contributed by atoms with Crippen molar-refractivity contribution >= 4 is 53.2 Å². The summed E-state index contributed by atoms with van der Waals surface area (Å²) in [5.74, 6) is -7.71. The summed E-state index contributed by atoms with van der Waals surface area (Å²) < 4.78 is 0. The molecule has 1 unspecified atom stereocenters. The molecular formula is C37H56N8O11. The highest BCUT2D eigenvalue weighted by Gasteiger charge is 2.40. The number of carboxylic acid groups (broad SMARTS) is 1. The maximum Gasteiger partial charge on any atom is 0.335 e. The van der Waals surface area contributed by atoms with E-state index in [-0.39, 0.29) is 50.1 Å². The Morgan fingerprint density at radius 2 is 1.38 bits per heavy atom. The van der Waals surface area contributed by atoms with Gasteiger partial charge in [0.2, 0.25) is 47.3 Å². The van der Waals surface area contributed by atoms with E-state index in [4.69, 9.17) is 11.5 Å². The van der Waals surface area contributed by atoms with Gasteiger partial charge in [0, 0.05) is 26.3 Å². The number of benzene rings is 1. The number of likely N-dealkylation sites (tertiary alicyclic amines) is 1. The van der Waals surface area contributed by atoms with Gasteiger partial charge < -0.3 is 53.2 Å². The Morgan fingerprint density at radius 3 is 1.88 bits per heavy atom. The van der Waals surface area contributed by atoms with E-state index in [1.807, 2.05) is 13.8 Å². The van der Waals surface area contributed by atoms with Crippen molar-refractivity contribution in [3.63, 3.8) is 0 Å². The van der Waals surface area contributed by atoms with Crippen LogP contribution in [0.2, 0.25) is 0 Å². The predicted octanol–water partition coefficient (Wildman–Crippen LogP) is -1.80.